The lowest BCUT2D eigenvalue weighted by Gasteiger charge is -2.14. The van der Waals surface area contributed by atoms with E-state index in [1.807, 2.05) is 60.1 Å². The number of anilines is 1. The maximum atomic E-state index is 5.96. The van der Waals surface area contributed by atoms with Crippen LogP contribution in [-0.2, 0) is 11.3 Å². The molecule has 4 rings (SSSR count). The zero-order chi connectivity index (χ0) is 21.6. The van der Waals surface area contributed by atoms with Gasteiger partial charge in [0.1, 0.15) is 11.5 Å². The SMILES string of the molecule is Cc1nn(Cc2cccc(Oc3ccccc3)c2)c(C)c1NC(=S)NC[C@@H]1CCCO1. The molecule has 1 saturated heterocycles. The molecule has 3 aromatic rings. The zero-order valence-electron chi connectivity index (χ0n) is 17.9. The summed E-state index contributed by atoms with van der Waals surface area (Å²) in [7, 11) is 0. The second kappa shape index (κ2) is 9.94. The lowest BCUT2D eigenvalue weighted by molar-refractivity contribution is 0.114. The van der Waals surface area contributed by atoms with Gasteiger partial charge in [0.05, 0.1) is 29.7 Å². The summed E-state index contributed by atoms with van der Waals surface area (Å²) in [6, 6.07) is 17.9. The first-order valence-electron chi connectivity index (χ1n) is 10.6. The van der Waals surface area contributed by atoms with Crippen molar-refractivity contribution in [2.24, 2.45) is 0 Å². The van der Waals surface area contributed by atoms with E-state index >= 15 is 0 Å². The van der Waals surface area contributed by atoms with Crippen molar-refractivity contribution in [1.82, 2.24) is 15.1 Å². The fraction of sp³-hybridized carbons (Fsp3) is 0.333. The molecule has 0 unspecified atom stereocenters. The monoisotopic (exact) mass is 436 g/mol. The number of para-hydroxylation sites is 1. The minimum Gasteiger partial charge on any atom is -0.457 e. The number of rotatable bonds is 7. The molecule has 1 atom stereocenters. The zero-order valence-corrected chi connectivity index (χ0v) is 18.7. The first-order valence-corrected chi connectivity index (χ1v) is 11.0. The van der Waals surface area contributed by atoms with Crippen molar-refractivity contribution in [3.05, 3.63) is 71.5 Å². The van der Waals surface area contributed by atoms with E-state index < -0.39 is 0 Å². The minimum atomic E-state index is 0.245. The highest BCUT2D eigenvalue weighted by atomic mass is 32.1. The number of hydrogen-bond donors (Lipinski definition) is 2. The third-order valence-corrected chi connectivity index (χ3v) is 5.59. The molecule has 162 valence electrons. The van der Waals surface area contributed by atoms with E-state index in [1.54, 1.807) is 0 Å². The van der Waals surface area contributed by atoms with E-state index in [1.165, 1.54) is 0 Å². The fourth-order valence-corrected chi connectivity index (χ4v) is 3.89. The number of aromatic nitrogens is 2. The molecular formula is C24H28N4O2S. The van der Waals surface area contributed by atoms with Crippen molar-refractivity contribution in [2.45, 2.75) is 39.3 Å². The Kier molecular flexibility index (Phi) is 6.84. The average Bonchev–Trinajstić information content (AvgIpc) is 3.38. The lowest BCUT2D eigenvalue weighted by atomic mass is 10.2. The van der Waals surface area contributed by atoms with Gasteiger partial charge in [0.15, 0.2) is 5.11 Å². The number of nitrogens with zero attached hydrogens (tertiary/aromatic N) is 2. The predicted molar refractivity (Wildman–Crippen MR) is 127 cm³/mol. The van der Waals surface area contributed by atoms with E-state index in [9.17, 15) is 0 Å². The van der Waals surface area contributed by atoms with Crippen LogP contribution in [0.5, 0.6) is 11.5 Å². The number of benzene rings is 2. The van der Waals surface area contributed by atoms with Crippen LogP contribution in [0, 0.1) is 13.8 Å². The number of ether oxygens (including phenoxy) is 2. The van der Waals surface area contributed by atoms with Gasteiger partial charge in [0.25, 0.3) is 0 Å². The summed E-state index contributed by atoms with van der Waals surface area (Å²) in [6.45, 7) is 6.26. The third-order valence-electron chi connectivity index (χ3n) is 5.34. The predicted octanol–water partition coefficient (Wildman–Crippen LogP) is 4.81. The number of aryl methyl sites for hydroxylation is 1. The molecule has 1 aromatic heterocycles. The molecule has 6 nitrogen and oxygen atoms in total. The second-order valence-electron chi connectivity index (χ2n) is 7.74. The smallest absolute Gasteiger partial charge is 0.170 e. The van der Waals surface area contributed by atoms with Crippen molar-refractivity contribution in [3.8, 4) is 11.5 Å². The molecule has 0 saturated carbocycles. The van der Waals surface area contributed by atoms with E-state index in [-0.39, 0.29) is 6.10 Å². The summed E-state index contributed by atoms with van der Waals surface area (Å²) in [5, 5.41) is 11.9. The first-order chi connectivity index (χ1) is 15.1. The lowest BCUT2D eigenvalue weighted by Crippen LogP contribution is -2.35. The van der Waals surface area contributed by atoms with Crippen LogP contribution in [0.25, 0.3) is 0 Å². The van der Waals surface area contributed by atoms with Gasteiger partial charge in [0, 0.05) is 13.2 Å². The van der Waals surface area contributed by atoms with E-state index in [2.05, 4.69) is 23.6 Å². The summed E-state index contributed by atoms with van der Waals surface area (Å²) < 4.78 is 13.6. The maximum Gasteiger partial charge on any atom is 0.170 e. The van der Waals surface area contributed by atoms with Crippen LogP contribution in [0.1, 0.15) is 29.8 Å². The Morgan fingerprint density at radius 2 is 1.97 bits per heavy atom. The van der Waals surface area contributed by atoms with Gasteiger partial charge in [-0.2, -0.15) is 5.10 Å². The Hall–Kier alpha value is -2.90. The van der Waals surface area contributed by atoms with Gasteiger partial charge >= 0.3 is 0 Å². The summed E-state index contributed by atoms with van der Waals surface area (Å²) in [4.78, 5) is 0. The quantitative estimate of drug-likeness (QED) is 0.519. The molecule has 2 heterocycles. The number of hydrogen-bond acceptors (Lipinski definition) is 4. The van der Waals surface area contributed by atoms with E-state index in [4.69, 9.17) is 26.8 Å². The van der Waals surface area contributed by atoms with Crippen molar-refractivity contribution >= 4 is 23.0 Å². The van der Waals surface area contributed by atoms with E-state index in [0.717, 1.165) is 60.1 Å². The first kappa shape index (κ1) is 21.3. The van der Waals surface area contributed by atoms with E-state index in [0.29, 0.717) is 11.7 Å². The van der Waals surface area contributed by atoms with Gasteiger partial charge in [-0.05, 0) is 68.7 Å². The molecule has 1 aliphatic heterocycles. The Morgan fingerprint density at radius 1 is 1.16 bits per heavy atom. The van der Waals surface area contributed by atoms with Gasteiger partial charge in [-0.3, -0.25) is 4.68 Å². The topological polar surface area (TPSA) is 60.3 Å². The van der Waals surface area contributed by atoms with Crippen LogP contribution >= 0.6 is 12.2 Å². The van der Waals surface area contributed by atoms with Gasteiger partial charge in [-0.15, -0.1) is 0 Å². The molecular weight excluding hydrogens is 408 g/mol. The van der Waals surface area contributed by atoms with Crippen LogP contribution in [0.15, 0.2) is 54.6 Å². The largest absolute Gasteiger partial charge is 0.457 e. The maximum absolute atomic E-state index is 5.96. The number of nitrogens with one attached hydrogen (secondary N) is 2. The molecule has 2 aromatic carbocycles. The Bertz CT molecular complexity index is 1030. The number of thiocarbonyl (C=S) groups is 1. The molecule has 0 spiro atoms. The minimum absolute atomic E-state index is 0.245. The highest BCUT2D eigenvalue weighted by molar-refractivity contribution is 7.80. The molecule has 0 aliphatic carbocycles. The Balaban J connectivity index is 1.40. The molecule has 0 bridgehead atoms. The molecule has 0 radical (unpaired) electrons. The van der Waals surface area contributed by atoms with Gasteiger partial charge in [-0.1, -0.05) is 30.3 Å². The normalized spacial score (nSPS) is 15.6. The highest BCUT2D eigenvalue weighted by Gasteiger charge is 2.17. The van der Waals surface area contributed by atoms with Crippen LogP contribution in [0.3, 0.4) is 0 Å². The standard InChI is InChI=1S/C24H28N4O2S/c1-17-23(26-24(31)25-15-22-12-7-13-29-22)18(2)28(27-17)16-19-8-6-11-21(14-19)30-20-9-4-3-5-10-20/h3-6,8-11,14,22H,7,12-13,15-16H2,1-2H3,(H2,25,26,31)/t22-/m0/s1. The highest BCUT2D eigenvalue weighted by Crippen LogP contribution is 2.24. The Morgan fingerprint density at radius 3 is 2.74 bits per heavy atom. The Labute approximate surface area is 188 Å². The molecule has 0 amide bonds. The van der Waals surface area contributed by atoms with Crippen LogP contribution < -0.4 is 15.4 Å². The molecule has 1 aliphatic rings. The van der Waals surface area contributed by atoms with Gasteiger partial charge in [0.2, 0.25) is 0 Å². The second-order valence-corrected chi connectivity index (χ2v) is 8.14. The third kappa shape index (κ3) is 5.62. The molecule has 1 fully saturated rings. The van der Waals surface area contributed by atoms with Crippen LogP contribution in [0.4, 0.5) is 5.69 Å². The van der Waals surface area contributed by atoms with Crippen LogP contribution in [-0.4, -0.2) is 34.1 Å². The summed E-state index contributed by atoms with van der Waals surface area (Å²) in [5.74, 6) is 1.63. The fourth-order valence-electron chi connectivity index (χ4n) is 3.71. The molecule has 31 heavy (non-hydrogen) atoms. The van der Waals surface area contributed by atoms with Gasteiger partial charge in [-0.25, -0.2) is 0 Å². The summed E-state index contributed by atoms with van der Waals surface area (Å²) in [6.07, 6.45) is 2.45. The van der Waals surface area contributed by atoms with Crippen molar-refractivity contribution in [2.75, 3.05) is 18.5 Å². The van der Waals surface area contributed by atoms with Gasteiger partial charge < -0.3 is 20.1 Å². The van der Waals surface area contributed by atoms with Crippen LogP contribution in [0.2, 0.25) is 0 Å². The van der Waals surface area contributed by atoms with Crippen molar-refractivity contribution in [1.29, 1.82) is 0 Å². The van der Waals surface area contributed by atoms with Crippen molar-refractivity contribution < 1.29 is 9.47 Å². The average molecular weight is 437 g/mol. The summed E-state index contributed by atoms with van der Waals surface area (Å²) >= 11 is 5.48. The molecule has 2 N–H and O–H groups in total. The molecule has 7 heteroatoms. The van der Waals surface area contributed by atoms with Crippen molar-refractivity contribution in [3.63, 3.8) is 0 Å². The summed E-state index contributed by atoms with van der Waals surface area (Å²) in [5.41, 5.74) is 4.01.